The number of methoxy groups -OCH3 is 1. The van der Waals surface area contributed by atoms with E-state index in [9.17, 15) is 8.42 Å². The second-order valence-electron chi connectivity index (χ2n) is 11.7. The first kappa shape index (κ1) is 32.9. The number of ether oxygens (including phenoxy) is 1. The van der Waals surface area contributed by atoms with E-state index in [1.807, 2.05) is 22.8 Å². The van der Waals surface area contributed by atoms with Gasteiger partial charge in [0.1, 0.15) is 45.9 Å². The lowest BCUT2D eigenvalue weighted by Gasteiger charge is -2.39. The second kappa shape index (κ2) is 12.7. The third-order valence-corrected chi connectivity index (χ3v) is 11.0. The molecule has 0 atom stereocenters. The molecule has 11 nitrogen and oxygen atoms in total. The van der Waals surface area contributed by atoms with Gasteiger partial charge in [0.05, 0.1) is 38.1 Å². The van der Waals surface area contributed by atoms with Crippen LogP contribution >= 0.6 is 23.2 Å². The number of nitrogens with one attached hydrogen (secondary N) is 2. The summed E-state index contributed by atoms with van der Waals surface area (Å²) in [5.41, 5.74) is 1.88. The second-order valence-corrected chi connectivity index (χ2v) is 14.2. The van der Waals surface area contributed by atoms with Crippen molar-refractivity contribution in [1.29, 1.82) is 0 Å². The molecule has 2 N–H and O–H groups in total. The van der Waals surface area contributed by atoms with Crippen LogP contribution in [0.2, 0.25) is 10.0 Å². The average Bonchev–Trinajstić information content (AvgIpc) is 3.54. The largest absolute Gasteiger partial charge is 0.378 e. The quantitative estimate of drug-likeness (QED) is 0.164. The number of rotatable bonds is 8. The monoisotopic (exact) mass is 724 g/mol. The van der Waals surface area contributed by atoms with Crippen molar-refractivity contribution in [2.75, 3.05) is 35.1 Å². The highest BCUT2D eigenvalue weighted by molar-refractivity contribution is 7.92. The fourth-order valence-electron chi connectivity index (χ4n) is 5.80. The molecule has 16 heteroatoms. The molecular formula is C33H28Cl2F2N8O3S. The predicted octanol–water partition coefficient (Wildman–Crippen LogP) is 7.50. The van der Waals surface area contributed by atoms with E-state index in [4.69, 9.17) is 37.9 Å². The van der Waals surface area contributed by atoms with E-state index < -0.39 is 33.0 Å². The van der Waals surface area contributed by atoms with Crippen molar-refractivity contribution in [3.8, 4) is 5.82 Å². The van der Waals surface area contributed by atoms with Crippen molar-refractivity contribution >= 4 is 78.2 Å². The molecule has 3 aromatic heterocycles. The van der Waals surface area contributed by atoms with Gasteiger partial charge in [-0.1, -0.05) is 35.3 Å². The number of hydrogen-bond acceptors (Lipinski definition) is 9. The summed E-state index contributed by atoms with van der Waals surface area (Å²) in [6.07, 6.45) is 4.66. The summed E-state index contributed by atoms with van der Waals surface area (Å²) >= 11 is 12.1. The highest BCUT2D eigenvalue weighted by atomic mass is 35.5. The first-order chi connectivity index (χ1) is 23.5. The fraction of sp³-hybridized carbons (Fsp3) is 0.212. The van der Waals surface area contributed by atoms with Crippen molar-refractivity contribution in [2.24, 2.45) is 0 Å². The van der Waals surface area contributed by atoms with Gasteiger partial charge in [-0.2, -0.15) is 0 Å². The third kappa shape index (κ3) is 6.09. The number of sulfonamides is 1. The van der Waals surface area contributed by atoms with Crippen LogP contribution < -0.4 is 14.9 Å². The lowest BCUT2D eigenvalue weighted by Crippen LogP contribution is -2.43. The topological polar surface area (TPSA) is 127 Å². The van der Waals surface area contributed by atoms with Gasteiger partial charge in [0, 0.05) is 20.2 Å². The number of nitrogens with zero attached hydrogens (tertiary/aromatic N) is 6. The Labute approximate surface area is 289 Å². The van der Waals surface area contributed by atoms with Gasteiger partial charge in [0.2, 0.25) is 0 Å². The number of anilines is 4. The Morgan fingerprint density at radius 3 is 2.49 bits per heavy atom. The summed E-state index contributed by atoms with van der Waals surface area (Å²) < 4.78 is 66.7. The van der Waals surface area contributed by atoms with Gasteiger partial charge >= 0.3 is 0 Å². The Kier molecular flexibility index (Phi) is 8.51. The van der Waals surface area contributed by atoms with Crippen LogP contribution in [0.5, 0.6) is 0 Å². The molecule has 1 saturated heterocycles. The Hall–Kier alpha value is -4.63. The van der Waals surface area contributed by atoms with Gasteiger partial charge in [-0.05, 0) is 68.3 Å². The zero-order valence-electron chi connectivity index (χ0n) is 26.1. The summed E-state index contributed by atoms with van der Waals surface area (Å²) in [7, 11) is -2.66. The highest BCUT2D eigenvalue weighted by Gasteiger charge is 2.31. The van der Waals surface area contributed by atoms with Crippen LogP contribution in [0.25, 0.3) is 27.9 Å². The highest BCUT2D eigenvalue weighted by Crippen LogP contribution is 2.36. The number of para-hydroxylation sites is 1. The molecule has 252 valence electrons. The van der Waals surface area contributed by atoms with Gasteiger partial charge in [-0.25, -0.2) is 37.1 Å². The van der Waals surface area contributed by atoms with Crippen molar-refractivity contribution in [3.63, 3.8) is 0 Å². The number of benzene rings is 3. The molecule has 7 rings (SSSR count). The molecule has 3 aromatic carbocycles. The maximum atomic E-state index is 15.8. The van der Waals surface area contributed by atoms with Gasteiger partial charge in [0.25, 0.3) is 10.0 Å². The Morgan fingerprint density at radius 1 is 0.939 bits per heavy atom. The number of aromatic nitrogens is 5. The maximum Gasteiger partial charge on any atom is 0.263 e. The smallest absolute Gasteiger partial charge is 0.263 e. The van der Waals surface area contributed by atoms with Gasteiger partial charge < -0.3 is 15.0 Å². The molecule has 49 heavy (non-hydrogen) atoms. The van der Waals surface area contributed by atoms with E-state index in [1.54, 1.807) is 25.6 Å². The van der Waals surface area contributed by atoms with Gasteiger partial charge in [-0.3, -0.25) is 9.29 Å². The molecule has 0 unspecified atom stereocenters. The molecule has 6 aromatic rings. The lowest BCUT2D eigenvalue weighted by molar-refractivity contribution is -0.0132. The molecule has 0 aliphatic carbocycles. The Balaban J connectivity index is 1.22. The minimum atomic E-state index is -4.40. The number of fused-ring (bicyclic) bond motifs is 2. The normalized spacial score (nSPS) is 14.8. The van der Waals surface area contributed by atoms with Crippen molar-refractivity contribution in [3.05, 3.63) is 95.0 Å². The van der Waals surface area contributed by atoms with E-state index in [0.29, 0.717) is 11.3 Å². The van der Waals surface area contributed by atoms with E-state index in [0.717, 1.165) is 54.8 Å². The van der Waals surface area contributed by atoms with Gasteiger partial charge in [-0.15, -0.1) is 0 Å². The first-order valence-corrected chi connectivity index (χ1v) is 17.3. The van der Waals surface area contributed by atoms with Crippen molar-refractivity contribution in [1.82, 2.24) is 24.5 Å². The minimum absolute atomic E-state index is 0.00443. The van der Waals surface area contributed by atoms with Crippen LogP contribution in [0.1, 0.15) is 19.8 Å². The first-order valence-electron chi connectivity index (χ1n) is 15.1. The molecule has 0 saturated carbocycles. The van der Waals surface area contributed by atoms with E-state index in [1.165, 1.54) is 24.5 Å². The molecule has 1 aliphatic heterocycles. The lowest BCUT2D eigenvalue weighted by atomic mass is 9.93. The van der Waals surface area contributed by atoms with Crippen LogP contribution in [-0.4, -0.2) is 58.7 Å². The standard InChI is InChI=1S/C33H28Cl2F2N8O3S/c1-33(48-2)13-15-44(16-14-33)23-6-4-7-24-31(23)40-18-45(24)26-12-11-22-30(41-26)32(39-17-38-22)42-29-20(36)9-10-21(28(29)37)43-49(46,47)25-8-3-5-19(34)27(25)35/h3-12,17-18,43H,13-16H2,1-2H3,(H,38,39,42). The summed E-state index contributed by atoms with van der Waals surface area (Å²) in [6.45, 7) is 3.76. The molecule has 0 spiro atoms. The summed E-state index contributed by atoms with van der Waals surface area (Å²) in [4.78, 5) is 19.9. The number of piperidine rings is 1. The third-order valence-electron chi connectivity index (χ3n) is 8.71. The van der Waals surface area contributed by atoms with Crippen molar-refractivity contribution < 1.29 is 21.9 Å². The van der Waals surface area contributed by atoms with E-state index >= 15 is 8.78 Å². The number of imidazole rings is 1. The molecule has 1 fully saturated rings. The molecule has 0 radical (unpaired) electrons. The maximum absolute atomic E-state index is 15.8. The summed E-state index contributed by atoms with van der Waals surface area (Å²) in [5.74, 6) is -1.76. The molecule has 0 amide bonds. The van der Waals surface area contributed by atoms with Crippen LogP contribution in [0.15, 0.2) is 78.2 Å². The molecular weight excluding hydrogens is 697 g/mol. The molecule has 1 aliphatic rings. The molecule has 0 bridgehead atoms. The minimum Gasteiger partial charge on any atom is -0.378 e. The summed E-state index contributed by atoms with van der Waals surface area (Å²) in [6, 6.07) is 15.3. The zero-order valence-corrected chi connectivity index (χ0v) is 28.4. The van der Waals surface area contributed by atoms with Crippen molar-refractivity contribution in [2.45, 2.75) is 30.3 Å². The summed E-state index contributed by atoms with van der Waals surface area (Å²) in [5, 5.41) is 2.41. The van der Waals surface area contributed by atoms with Gasteiger partial charge in [0.15, 0.2) is 11.6 Å². The van der Waals surface area contributed by atoms with Crippen LogP contribution in [0.4, 0.5) is 31.7 Å². The van der Waals surface area contributed by atoms with E-state index in [-0.39, 0.29) is 31.9 Å². The predicted molar refractivity (Wildman–Crippen MR) is 186 cm³/mol. The Bertz CT molecular complexity index is 2350. The number of halogens is 4. The van der Waals surface area contributed by atoms with Crippen LogP contribution in [0.3, 0.4) is 0 Å². The Morgan fingerprint density at radius 2 is 1.71 bits per heavy atom. The van der Waals surface area contributed by atoms with E-state index in [2.05, 4.69) is 31.8 Å². The number of pyridine rings is 1. The van der Waals surface area contributed by atoms with Crippen LogP contribution in [0, 0.1) is 11.6 Å². The van der Waals surface area contributed by atoms with Crippen LogP contribution in [-0.2, 0) is 14.8 Å². The fourth-order valence-corrected chi connectivity index (χ4v) is 7.62. The SMILES string of the molecule is COC1(C)CCN(c2cccc3c2ncn3-c2ccc3ncnc(Nc4c(F)ccc(NS(=O)(=O)c5cccc(Cl)c5Cl)c4F)c3n2)CC1. The zero-order chi connectivity index (χ0) is 34.5. The number of hydrogen-bond donors (Lipinski definition) is 2. The average molecular weight is 726 g/mol. The molecule has 4 heterocycles.